The minimum atomic E-state index is -0.246. The second-order valence-corrected chi connectivity index (χ2v) is 5.35. The van der Waals surface area contributed by atoms with Crippen LogP contribution in [-0.4, -0.2) is 16.1 Å². The van der Waals surface area contributed by atoms with E-state index in [1.54, 1.807) is 11.3 Å². The number of amides is 1. The summed E-state index contributed by atoms with van der Waals surface area (Å²) < 4.78 is 0. The highest BCUT2D eigenvalue weighted by atomic mass is 32.1. The molecule has 0 spiro atoms. The first-order valence-electron chi connectivity index (χ1n) is 5.74. The van der Waals surface area contributed by atoms with Crippen molar-refractivity contribution in [1.82, 2.24) is 15.5 Å². The van der Waals surface area contributed by atoms with Crippen molar-refractivity contribution in [3.05, 3.63) is 33.8 Å². The molecule has 0 fully saturated rings. The average molecular weight is 264 g/mol. The van der Waals surface area contributed by atoms with Gasteiger partial charge in [0.25, 0.3) is 5.91 Å². The van der Waals surface area contributed by atoms with E-state index in [4.69, 9.17) is 5.73 Å². The molecule has 0 aliphatic rings. The van der Waals surface area contributed by atoms with Crippen LogP contribution in [0, 0.1) is 0 Å². The molecule has 0 saturated heterocycles. The van der Waals surface area contributed by atoms with Crippen molar-refractivity contribution < 1.29 is 4.79 Å². The van der Waals surface area contributed by atoms with Crippen LogP contribution in [0.25, 0.3) is 0 Å². The number of carbonyl (C=O) groups is 1. The highest BCUT2D eigenvalue weighted by Crippen LogP contribution is 2.21. The van der Waals surface area contributed by atoms with Crippen LogP contribution in [0.15, 0.2) is 17.5 Å². The molecule has 18 heavy (non-hydrogen) atoms. The molecular weight excluding hydrogens is 248 g/mol. The molecular formula is C12H16N4OS. The lowest BCUT2D eigenvalue weighted by molar-refractivity contribution is 0.0947. The fourth-order valence-electron chi connectivity index (χ4n) is 1.64. The van der Waals surface area contributed by atoms with Crippen LogP contribution in [0.5, 0.6) is 0 Å². The van der Waals surface area contributed by atoms with Gasteiger partial charge >= 0.3 is 0 Å². The molecule has 0 radical (unpaired) electrons. The monoisotopic (exact) mass is 264 g/mol. The third-order valence-electron chi connectivity index (χ3n) is 2.63. The molecule has 2 aromatic rings. The summed E-state index contributed by atoms with van der Waals surface area (Å²) in [4.78, 5) is 13.0. The van der Waals surface area contributed by atoms with Crippen LogP contribution in [0.3, 0.4) is 0 Å². The van der Waals surface area contributed by atoms with Gasteiger partial charge in [0.2, 0.25) is 0 Å². The number of hydrogen-bond donors (Lipinski definition) is 3. The number of nitrogens with one attached hydrogen (secondary N) is 2. The first-order chi connectivity index (χ1) is 8.59. The summed E-state index contributed by atoms with van der Waals surface area (Å²) in [5.41, 5.74) is 7.42. The van der Waals surface area contributed by atoms with E-state index >= 15 is 0 Å². The van der Waals surface area contributed by atoms with Crippen LogP contribution in [0.1, 0.15) is 40.8 Å². The van der Waals surface area contributed by atoms with Crippen LogP contribution in [0.2, 0.25) is 0 Å². The van der Waals surface area contributed by atoms with Crippen LogP contribution in [0.4, 0.5) is 5.69 Å². The van der Waals surface area contributed by atoms with Crippen molar-refractivity contribution in [2.45, 2.75) is 26.3 Å². The zero-order valence-corrected chi connectivity index (χ0v) is 11.2. The normalized spacial score (nSPS) is 10.8. The maximum Gasteiger partial charge on any atom is 0.274 e. The standard InChI is InChI=1S/C12H16N4OS/c1-7(2)10-9(13)11(16-15-10)12(17)14-6-8-4-3-5-18-8/h3-5,7H,6,13H2,1-2H3,(H,14,17)(H,15,16). The molecule has 2 rings (SSSR count). The molecule has 0 atom stereocenters. The summed E-state index contributed by atoms with van der Waals surface area (Å²) in [6, 6.07) is 3.92. The van der Waals surface area contributed by atoms with Gasteiger partial charge in [-0.3, -0.25) is 9.89 Å². The van der Waals surface area contributed by atoms with E-state index in [1.165, 1.54) is 0 Å². The topological polar surface area (TPSA) is 83.8 Å². The Morgan fingerprint density at radius 3 is 2.94 bits per heavy atom. The van der Waals surface area contributed by atoms with E-state index in [-0.39, 0.29) is 17.5 Å². The molecule has 4 N–H and O–H groups in total. The number of hydrogen-bond acceptors (Lipinski definition) is 4. The Kier molecular flexibility index (Phi) is 3.66. The van der Waals surface area contributed by atoms with Gasteiger partial charge in [0.1, 0.15) is 0 Å². The Morgan fingerprint density at radius 2 is 2.39 bits per heavy atom. The quantitative estimate of drug-likeness (QED) is 0.790. The maximum atomic E-state index is 11.9. The number of nitrogens with zero attached hydrogens (tertiary/aromatic N) is 1. The third kappa shape index (κ3) is 2.53. The molecule has 96 valence electrons. The molecule has 1 amide bonds. The van der Waals surface area contributed by atoms with E-state index < -0.39 is 0 Å². The Morgan fingerprint density at radius 1 is 1.61 bits per heavy atom. The smallest absolute Gasteiger partial charge is 0.274 e. The summed E-state index contributed by atoms with van der Waals surface area (Å²) in [5, 5.41) is 11.6. The SMILES string of the molecule is CC(C)c1[nH]nc(C(=O)NCc2cccs2)c1N. The summed E-state index contributed by atoms with van der Waals surface area (Å²) in [6.45, 7) is 4.49. The predicted octanol–water partition coefficient (Wildman–Crippen LogP) is 2.11. The van der Waals surface area contributed by atoms with Gasteiger partial charge in [-0.15, -0.1) is 11.3 Å². The van der Waals surface area contributed by atoms with Gasteiger partial charge in [0, 0.05) is 4.88 Å². The Bertz CT molecular complexity index is 530. The number of nitrogens with two attached hydrogens (primary N) is 1. The van der Waals surface area contributed by atoms with Crippen LogP contribution < -0.4 is 11.1 Å². The van der Waals surface area contributed by atoms with Gasteiger partial charge in [0.15, 0.2) is 5.69 Å². The lowest BCUT2D eigenvalue weighted by atomic mass is 10.1. The molecule has 0 aliphatic heterocycles. The molecule has 0 saturated carbocycles. The highest BCUT2D eigenvalue weighted by Gasteiger charge is 2.18. The van der Waals surface area contributed by atoms with Crippen LogP contribution >= 0.6 is 11.3 Å². The zero-order chi connectivity index (χ0) is 13.1. The van der Waals surface area contributed by atoms with Gasteiger partial charge in [-0.1, -0.05) is 19.9 Å². The maximum absolute atomic E-state index is 11.9. The second-order valence-electron chi connectivity index (χ2n) is 4.32. The minimum Gasteiger partial charge on any atom is -0.395 e. The lowest BCUT2D eigenvalue weighted by Crippen LogP contribution is -2.23. The summed E-state index contributed by atoms with van der Waals surface area (Å²) in [6.07, 6.45) is 0. The van der Waals surface area contributed by atoms with E-state index in [0.717, 1.165) is 10.6 Å². The van der Waals surface area contributed by atoms with Crippen molar-refractivity contribution >= 4 is 22.9 Å². The van der Waals surface area contributed by atoms with Gasteiger partial charge in [0.05, 0.1) is 17.9 Å². The third-order valence-corrected chi connectivity index (χ3v) is 3.51. The molecule has 0 aliphatic carbocycles. The largest absolute Gasteiger partial charge is 0.395 e. The summed E-state index contributed by atoms with van der Waals surface area (Å²) in [7, 11) is 0. The van der Waals surface area contributed by atoms with Gasteiger partial charge in [-0.05, 0) is 17.4 Å². The number of aromatic nitrogens is 2. The van der Waals surface area contributed by atoms with Crippen molar-refractivity contribution in [3.63, 3.8) is 0 Å². The van der Waals surface area contributed by atoms with Crippen LogP contribution in [-0.2, 0) is 6.54 Å². The lowest BCUT2D eigenvalue weighted by Gasteiger charge is -2.04. The molecule has 0 unspecified atom stereocenters. The fourth-order valence-corrected chi connectivity index (χ4v) is 2.29. The van der Waals surface area contributed by atoms with Crippen molar-refractivity contribution in [1.29, 1.82) is 0 Å². The number of thiophene rings is 1. The van der Waals surface area contributed by atoms with Crippen molar-refractivity contribution in [3.8, 4) is 0 Å². The van der Waals surface area contributed by atoms with Gasteiger partial charge < -0.3 is 11.1 Å². The number of nitrogen functional groups attached to an aromatic ring is 1. The van der Waals surface area contributed by atoms with Crippen molar-refractivity contribution in [2.24, 2.45) is 0 Å². The first kappa shape index (κ1) is 12.6. The Labute approximate surface area is 109 Å². The number of H-pyrrole nitrogens is 1. The average Bonchev–Trinajstić information content (AvgIpc) is 2.94. The molecule has 6 heteroatoms. The van der Waals surface area contributed by atoms with Gasteiger partial charge in [-0.25, -0.2) is 0 Å². The Balaban J connectivity index is 2.05. The van der Waals surface area contributed by atoms with E-state index in [2.05, 4.69) is 15.5 Å². The summed E-state index contributed by atoms with van der Waals surface area (Å²) >= 11 is 1.60. The first-order valence-corrected chi connectivity index (χ1v) is 6.62. The number of aromatic amines is 1. The predicted molar refractivity (Wildman–Crippen MR) is 72.6 cm³/mol. The summed E-state index contributed by atoms with van der Waals surface area (Å²) in [5.74, 6) is -0.0274. The zero-order valence-electron chi connectivity index (χ0n) is 10.4. The number of carbonyl (C=O) groups excluding carboxylic acids is 1. The van der Waals surface area contributed by atoms with E-state index in [9.17, 15) is 4.79 Å². The Hall–Kier alpha value is -1.82. The van der Waals surface area contributed by atoms with E-state index in [0.29, 0.717) is 12.2 Å². The number of anilines is 1. The molecule has 0 bridgehead atoms. The van der Waals surface area contributed by atoms with Gasteiger partial charge in [-0.2, -0.15) is 5.10 Å². The second kappa shape index (κ2) is 5.22. The molecule has 2 aromatic heterocycles. The van der Waals surface area contributed by atoms with E-state index in [1.807, 2.05) is 31.4 Å². The van der Waals surface area contributed by atoms with Crippen molar-refractivity contribution in [2.75, 3.05) is 5.73 Å². The fraction of sp³-hybridized carbons (Fsp3) is 0.333. The molecule has 5 nitrogen and oxygen atoms in total. The molecule has 0 aromatic carbocycles. The minimum absolute atomic E-state index is 0.219. The number of rotatable bonds is 4. The highest BCUT2D eigenvalue weighted by molar-refractivity contribution is 7.09. The molecule has 2 heterocycles.